The molecule has 1 fully saturated rings. The van der Waals surface area contributed by atoms with Crippen LogP contribution in [0.5, 0.6) is 0 Å². The Morgan fingerprint density at radius 1 is 1.33 bits per heavy atom. The number of carbonyl (C=O) groups is 1. The van der Waals surface area contributed by atoms with Gasteiger partial charge in [0.1, 0.15) is 0 Å². The summed E-state index contributed by atoms with van der Waals surface area (Å²) in [5, 5.41) is 0. The lowest BCUT2D eigenvalue weighted by molar-refractivity contribution is -0.128. The molecule has 1 aromatic rings. The molecule has 0 amide bonds. The van der Waals surface area contributed by atoms with Crippen molar-refractivity contribution in [3.8, 4) is 0 Å². The number of nitrogens with zero attached hydrogens (tertiary/aromatic N) is 1. The molecule has 1 saturated carbocycles. The lowest BCUT2D eigenvalue weighted by Gasteiger charge is -1.79. The minimum Gasteiger partial charge on any atom is -0.468 e. The molecule has 0 aromatic carbocycles. The van der Waals surface area contributed by atoms with Crippen molar-refractivity contribution in [2.24, 2.45) is 5.92 Å². The first-order chi connectivity index (χ1) is 7.31. The fourth-order valence-electron chi connectivity index (χ4n) is 0.547. The molecule has 0 saturated heterocycles. The Labute approximate surface area is 91.5 Å². The highest BCUT2D eigenvalue weighted by atomic mass is 16.5. The molecule has 0 unspecified atom stereocenters. The Bertz CT molecular complexity index is 196. The molecular weight excluding hydrogens is 190 g/mol. The average Bonchev–Trinajstić information content (AvgIpc) is 3.06. The van der Waals surface area contributed by atoms with Gasteiger partial charge in [-0.05, 0) is 25.0 Å². The number of ether oxygens (including phenoxy) is 1. The molecule has 0 spiro atoms. The smallest absolute Gasteiger partial charge is 0.293 e. The Hall–Kier alpha value is -1.38. The van der Waals surface area contributed by atoms with Crippen molar-refractivity contribution in [1.82, 2.24) is 4.98 Å². The van der Waals surface area contributed by atoms with Gasteiger partial charge in [0.05, 0.1) is 6.61 Å². The van der Waals surface area contributed by atoms with Crippen LogP contribution in [0.2, 0.25) is 0 Å². The van der Waals surface area contributed by atoms with Crippen LogP contribution in [0.1, 0.15) is 26.7 Å². The van der Waals surface area contributed by atoms with Gasteiger partial charge in [-0.2, -0.15) is 0 Å². The Morgan fingerprint density at radius 2 is 1.87 bits per heavy atom. The van der Waals surface area contributed by atoms with Gasteiger partial charge in [0.25, 0.3) is 6.47 Å². The summed E-state index contributed by atoms with van der Waals surface area (Å²) in [6, 6.07) is 5.72. The summed E-state index contributed by atoms with van der Waals surface area (Å²) >= 11 is 0. The van der Waals surface area contributed by atoms with E-state index in [-0.39, 0.29) is 0 Å². The molecule has 1 aliphatic rings. The largest absolute Gasteiger partial charge is 0.468 e. The lowest BCUT2D eigenvalue weighted by Crippen LogP contribution is -1.80. The predicted octanol–water partition coefficient (Wildman–Crippen LogP) is 2.68. The van der Waals surface area contributed by atoms with Crippen LogP contribution >= 0.6 is 0 Å². The fourth-order valence-corrected chi connectivity index (χ4v) is 0.547. The summed E-state index contributed by atoms with van der Waals surface area (Å²) in [5.74, 6) is 1.08. The summed E-state index contributed by atoms with van der Waals surface area (Å²) in [4.78, 5) is 13.0. The third kappa shape index (κ3) is 15.4. The first-order valence-corrected chi connectivity index (χ1v) is 5.21. The summed E-state index contributed by atoms with van der Waals surface area (Å²) in [7, 11) is 0. The second-order valence-corrected chi connectivity index (χ2v) is 3.26. The van der Waals surface area contributed by atoms with Crippen molar-refractivity contribution in [3.05, 3.63) is 30.6 Å². The number of hydrogen-bond acceptors (Lipinski definition) is 3. The van der Waals surface area contributed by atoms with E-state index in [0.29, 0.717) is 13.1 Å². The zero-order chi connectivity index (χ0) is 11.4. The van der Waals surface area contributed by atoms with E-state index in [0.717, 1.165) is 5.92 Å². The first-order valence-electron chi connectivity index (χ1n) is 5.21. The Kier molecular flexibility index (Phi) is 9.71. The minimum absolute atomic E-state index is 0.431. The van der Waals surface area contributed by atoms with Gasteiger partial charge in [-0.1, -0.05) is 25.8 Å². The Balaban J connectivity index is 0.000000200. The molecule has 3 heteroatoms. The van der Waals surface area contributed by atoms with E-state index in [9.17, 15) is 4.79 Å². The van der Waals surface area contributed by atoms with Gasteiger partial charge in [0, 0.05) is 12.4 Å². The highest BCUT2D eigenvalue weighted by Gasteiger charge is 2.12. The van der Waals surface area contributed by atoms with E-state index in [1.54, 1.807) is 19.3 Å². The van der Waals surface area contributed by atoms with Crippen molar-refractivity contribution in [2.75, 3.05) is 6.61 Å². The van der Waals surface area contributed by atoms with E-state index in [1.165, 1.54) is 12.8 Å². The molecule has 1 aliphatic carbocycles. The standard InChI is InChI=1S/C5H5N.C4H8.C3H6O2/c1-2-4-6-5-3-1;1-4-2-3-4;1-2-5-3-4/h1-5H;4H,2-3H2,1H3;3H,2H2,1H3. The number of rotatable bonds is 2. The van der Waals surface area contributed by atoms with Crippen molar-refractivity contribution in [2.45, 2.75) is 26.7 Å². The number of hydrogen-bond donors (Lipinski definition) is 0. The van der Waals surface area contributed by atoms with Crippen LogP contribution in [-0.4, -0.2) is 18.1 Å². The molecule has 84 valence electrons. The van der Waals surface area contributed by atoms with Crippen molar-refractivity contribution in [3.63, 3.8) is 0 Å². The maximum atomic E-state index is 9.18. The van der Waals surface area contributed by atoms with Gasteiger partial charge in [-0.15, -0.1) is 0 Å². The Morgan fingerprint density at radius 3 is 1.93 bits per heavy atom. The molecule has 0 bridgehead atoms. The molecule has 0 radical (unpaired) electrons. The van der Waals surface area contributed by atoms with E-state index >= 15 is 0 Å². The highest BCUT2D eigenvalue weighted by molar-refractivity contribution is 5.36. The first kappa shape index (κ1) is 13.6. The van der Waals surface area contributed by atoms with Gasteiger partial charge in [-0.25, -0.2) is 0 Å². The molecule has 0 N–H and O–H groups in total. The highest BCUT2D eigenvalue weighted by Crippen LogP contribution is 2.26. The summed E-state index contributed by atoms with van der Waals surface area (Å²) in [6.45, 7) is 4.94. The second-order valence-electron chi connectivity index (χ2n) is 3.26. The molecule has 3 nitrogen and oxygen atoms in total. The molecule has 0 aliphatic heterocycles. The van der Waals surface area contributed by atoms with Crippen LogP contribution in [0.4, 0.5) is 0 Å². The van der Waals surface area contributed by atoms with Crippen LogP contribution in [0.3, 0.4) is 0 Å². The van der Waals surface area contributed by atoms with Crippen LogP contribution in [0.25, 0.3) is 0 Å². The van der Waals surface area contributed by atoms with Gasteiger partial charge < -0.3 is 4.74 Å². The second kappa shape index (κ2) is 10.7. The van der Waals surface area contributed by atoms with Crippen LogP contribution in [-0.2, 0) is 9.53 Å². The lowest BCUT2D eigenvalue weighted by atomic mass is 10.5. The zero-order valence-corrected chi connectivity index (χ0v) is 9.43. The molecule has 1 heterocycles. The molecule has 0 atom stereocenters. The number of pyridine rings is 1. The van der Waals surface area contributed by atoms with E-state index in [4.69, 9.17) is 0 Å². The van der Waals surface area contributed by atoms with Crippen molar-refractivity contribution in [1.29, 1.82) is 0 Å². The summed E-state index contributed by atoms with van der Waals surface area (Å²) in [6.07, 6.45) is 6.47. The third-order valence-corrected chi connectivity index (χ3v) is 1.67. The average molecular weight is 209 g/mol. The molecular formula is C12H19NO2. The number of carbonyl (C=O) groups excluding carboxylic acids is 1. The minimum atomic E-state index is 0.431. The van der Waals surface area contributed by atoms with Gasteiger partial charge in [-0.3, -0.25) is 9.78 Å². The fraction of sp³-hybridized carbons (Fsp3) is 0.500. The van der Waals surface area contributed by atoms with E-state index in [1.807, 2.05) is 18.2 Å². The van der Waals surface area contributed by atoms with E-state index < -0.39 is 0 Å². The summed E-state index contributed by atoms with van der Waals surface area (Å²) < 4.78 is 4.15. The monoisotopic (exact) mass is 209 g/mol. The van der Waals surface area contributed by atoms with Gasteiger partial charge in [0.2, 0.25) is 0 Å². The maximum Gasteiger partial charge on any atom is 0.293 e. The van der Waals surface area contributed by atoms with Crippen LogP contribution in [0, 0.1) is 5.92 Å². The van der Waals surface area contributed by atoms with E-state index in [2.05, 4.69) is 16.6 Å². The van der Waals surface area contributed by atoms with Crippen LogP contribution < -0.4 is 0 Å². The third-order valence-electron chi connectivity index (χ3n) is 1.67. The van der Waals surface area contributed by atoms with Gasteiger partial charge >= 0.3 is 0 Å². The predicted molar refractivity (Wildman–Crippen MR) is 60.3 cm³/mol. The quantitative estimate of drug-likeness (QED) is 0.703. The van der Waals surface area contributed by atoms with Crippen LogP contribution in [0.15, 0.2) is 30.6 Å². The number of aromatic nitrogens is 1. The normalized spacial score (nSPS) is 12.4. The SMILES string of the molecule is CC1CC1.CCOC=O.c1ccncc1. The van der Waals surface area contributed by atoms with Gasteiger partial charge in [0.15, 0.2) is 0 Å². The molecule has 1 aromatic heterocycles. The summed E-state index contributed by atoms with van der Waals surface area (Å²) in [5.41, 5.74) is 0. The molecule has 15 heavy (non-hydrogen) atoms. The zero-order valence-electron chi connectivity index (χ0n) is 9.43. The van der Waals surface area contributed by atoms with Crippen molar-refractivity contribution < 1.29 is 9.53 Å². The maximum absolute atomic E-state index is 9.18. The topological polar surface area (TPSA) is 39.2 Å². The molecule has 2 rings (SSSR count). The van der Waals surface area contributed by atoms with Crippen molar-refractivity contribution >= 4 is 6.47 Å².